The van der Waals surface area contributed by atoms with Crippen LogP contribution in [0.25, 0.3) is 0 Å². The van der Waals surface area contributed by atoms with Gasteiger partial charge < -0.3 is 15.0 Å². The summed E-state index contributed by atoms with van der Waals surface area (Å²) in [6.45, 7) is 4.27. The van der Waals surface area contributed by atoms with Gasteiger partial charge in [0.2, 0.25) is 6.16 Å². The Bertz CT molecular complexity index is 747. The van der Waals surface area contributed by atoms with Crippen molar-refractivity contribution in [1.82, 2.24) is 0 Å². The Balaban J connectivity index is 0.000000511. The van der Waals surface area contributed by atoms with Crippen molar-refractivity contribution in [2.24, 2.45) is 0 Å². The number of carbonyl (C=O) groups is 1. The molecule has 0 fully saturated rings. The van der Waals surface area contributed by atoms with Crippen LogP contribution < -0.4 is 5.11 Å². The van der Waals surface area contributed by atoms with Gasteiger partial charge in [-0.1, -0.05) is 53.6 Å². The first-order chi connectivity index (χ1) is 12.0. The molecule has 0 spiro atoms. The second-order valence-corrected chi connectivity index (χ2v) is 7.54. The van der Waals surface area contributed by atoms with Crippen molar-refractivity contribution in [3.05, 3.63) is 90.0 Å². The summed E-state index contributed by atoms with van der Waals surface area (Å²) in [4.78, 5) is 12.6. The van der Waals surface area contributed by atoms with Gasteiger partial charge in [0.1, 0.15) is 0 Å². The summed E-state index contributed by atoms with van der Waals surface area (Å²) in [5.74, 6) is 0. The van der Waals surface area contributed by atoms with E-state index in [-0.39, 0.29) is 10.9 Å². The molecule has 3 aromatic carbocycles. The molecule has 128 valence electrons. The molecule has 3 nitrogen and oxygen atoms in total. The van der Waals surface area contributed by atoms with E-state index in [0.717, 1.165) is 0 Å². The van der Waals surface area contributed by atoms with Crippen LogP contribution in [0.1, 0.15) is 11.1 Å². The predicted octanol–water partition coefficient (Wildman–Crippen LogP) is 4.29. The van der Waals surface area contributed by atoms with E-state index in [2.05, 4.69) is 92.7 Å². The van der Waals surface area contributed by atoms with Crippen LogP contribution in [0.15, 0.2) is 93.5 Å². The van der Waals surface area contributed by atoms with Gasteiger partial charge in [-0.05, 0) is 50.2 Å². The molecule has 0 heterocycles. The van der Waals surface area contributed by atoms with Gasteiger partial charge in [-0.3, -0.25) is 0 Å². The van der Waals surface area contributed by atoms with Crippen LogP contribution in [-0.2, 0) is 10.9 Å². The standard InChI is InChI=1S/C20H19S.CH2O3/c1-16-8-12-19(13-9-16)21(18-6-4-3-5-7-18)20-14-10-17(2)11-15-20;2-1(3)4/h3-15H,1-2H3;(H2,2,3,4)/q+1;/p-1. The number of rotatable bonds is 3. The van der Waals surface area contributed by atoms with E-state index < -0.39 is 6.16 Å². The lowest BCUT2D eigenvalue weighted by molar-refractivity contribution is -0.275. The molecule has 0 bridgehead atoms. The van der Waals surface area contributed by atoms with Crippen LogP contribution >= 0.6 is 0 Å². The quantitative estimate of drug-likeness (QED) is 0.716. The fourth-order valence-electron chi connectivity index (χ4n) is 2.31. The number of carboxylic acid groups (broad SMARTS) is 2. The minimum Gasteiger partial charge on any atom is -0.565 e. The third-order valence-electron chi connectivity index (χ3n) is 3.49. The van der Waals surface area contributed by atoms with Crippen molar-refractivity contribution >= 4 is 17.1 Å². The third kappa shape index (κ3) is 5.69. The van der Waals surface area contributed by atoms with Gasteiger partial charge in [0.15, 0.2) is 14.7 Å². The third-order valence-corrected chi connectivity index (χ3v) is 5.72. The summed E-state index contributed by atoms with van der Waals surface area (Å²) in [5, 5.41) is 15.3. The second kappa shape index (κ2) is 8.94. The van der Waals surface area contributed by atoms with Crippen LogP contribution in [0.2, 0.25) is 0 Å². The summed E-state index contributed by atoms with van der Waals surface area (Å²) >= 11 is 0. The topological polar surface area (TPSA) is 60.4 Å². The number of benzene rings is 3. The minimum absolute atomic E-state index is 0.0312. The fourth-order valence-corrected chi connectivity index (χ4v) is 4.38. The normalized spacial score (nSPS) is 10.0. The molecule has 4 heteroatoms. The molecule has 3 aromatic rings. The van der Waals surface area contributed by atoms with E-state index >= 15 is 0 Å². The molecule has 0 aliphatic rings. The van der Waals surface area contributed by atoms with Crippen molar-refractivity contribution in [3.63, 3.8) is 0 Å². The van der Waals surface area contributed by atoms with Crippen molar-refractivity contribution in [3.8, 4) is 0 Å². The van der Waals surface area contributed by atoms with Crippen LogP contribution in [-0.4, -0.2) is 11.3 Å². The molecule has 0 saturated carbocycles. The summed E-state index contributed by atoms with van der Waals surface area (Å²) in [5.41, 5.74) is 2.61. The van der Waals surface area contributed by atoms with Crippen molar-refractivity contribution in [2.45, 2.75) is 28.5 Å². The zero-order valence-corrected chi connectivity index (χ0v) is 15.0. The van der Waals surface area contributed by atoms with Crippen molar-refractivity contribution < 1.29 is 15.0 Å². The van der Waals surface area contributed by atoms with Crippen LogP contribution in [0, 0.1) is 13.8 Å². The Hall–Kier alpha value is -2.72. The second-order valence-electron chi connectivity index (χ2n) is 5.51. The molecule has 0 aliphatic heterocycles. The molecule has 0 radical (unpaired) electrons. The fraction of sp³-hybridized carbons (Fsp3) is 0.0952. The molecular weight excluding hydrogens is 332 g/mol. The monoisotopic (exact) mass is 352 g/mol. The van der Waals surface area contributed by atoms with E-state index in [1.54, 1.807) is 0 Å². The maximum absolute atomic E-state index is 8.44. The van der Waals surface area contributed by atoms with E-state index in [1.165, 1.54) is 25.8 Å². The van der Waals surface area contributed by atoms with Gasteiger partial charge in [-0.15, -0.1) is 0 Å². The Morgan fingerprint density at radius 2 is 1.04 bits per heavy atom. The van der Waals surface area contributed by atoms with E-state index in [1.807, 2.05) is 0 Å². The van der Waals surface area contributed by atoms with Gasteiger partial charge in [0.05, 0.1) is 10.9 Å². The average Bonchev–Trinajstić information content (AvgIpc) is 2.59. The smallest absolute Gasteiger partial charge is 0.249 e. The first-order valence-electron chi connectivity index (χ1n) is 7.80. The molecule has 3 rings (SSSR count). The molecular formula is C21H20O3S. The van der Waals surface area contributed by atoms with Gasteiger partial charge >= 0.3 is 0 Å². The molecule has 0 saturated heterocycles. The Kier molecular flexibility index (Phi) is 6.66. The Morgan fingerprint density at radius 1 is 0.720 bits per heavy atom. The summed E-state index contributed by atoms with van der Waals surface area (Å²) in [6.07, 6.45) is -2.08. The first-order valence-corrected chi connectivity index (χ1v) is 9.02. The molecule has 0 unspecified atom stereocenters. The van der Waals surface area contributed by atoms with Crippen LogP contribution in [0.5, 0.6) is 0 Å². The largest absolute Gasteiger partial charge is 0.565 e. The maximum atomic E-state index is 8.44. The van der Waals surface area contributed by atoms with E-state index in [0.29, 0.717) is 0 Å². The van der Waals surface area contributed by atoms with Crippen LogP contribution in [0.3, 0.4) is 0 Å². The lowest BCUT2D eigenvalue weighted by Crippen LogP contribution is -2.17. The highest BCUT2D eigenvalue weighted by Gasteiger charge is 2.27. The molecule has 0 amide bonds. The SMILES string of the molecule is Cc1ccc([S+](c2ccccc2)c2ccc(C)cc2)cc1.O=C([O-])O. The molecule has 0 atom stereocenters. The minimum atomic E-state index is -2.08. The summed E-state index contributed by atoms with van der Waals surface area (Å²) in [7, 11) is -0.0312. The summed E-state index contributed by atoms with van der Waals surface area (Å²) < 4.78 is 0. The molecule has 0 aromatic heterocycles. The van der Waals surface area contributed by atoms with Crippen molar-refractivity contribution in [2.75, 3.05) is 0 Å². The zero-order valence-electron chi connectivity index (χ0n) is 14.2. The summed E-state index contributed by atoms with van der Waals surface area (Å²) in [6, 6.07) is 28.6. The average molecular weight is 352 g/mol. The first kappa shape index (κ1) is 18.6. The zero-order chi connectivity index (χ0) is 18.2. The van der Waals surface area contributed by atoms with Crippen LogP contribution in [0.4, 0.5) is 4.79 Å². The van der Waals surface area contributed by atoms with E-state index in [4.69, 9.17) is 15.0 Å². The highest BCUT2D eigenvalue weighted by molar-refractivity contribution is 7.97. The Labute approximate surface area is 150 Å². The van der Waals surface area contributed by atoms with Gasteiger partial charge in [-0.25, -0.2) is 0 Å². The molecule has 0 aliphatic carbocycles. The highest BCUT2D eigenvalue weighted by Crippen LogP contribution is 2.31. The lowest BCUT2D eigenvalue weighted by Gasteiger charge is -2.08. The lowest BCUT2D eigenvalue weighted by atomic mass is 10.2. The number of aryl methyl sites for hydroxylation is 2. The number of hydrogen-bond acceptors (Lipinski definition) is 2. The van der Waals surface area contributed by atoms with Gasteiger partial charge in [0, 0.05) is 0 Å². The highest BCUT2D eigenvalue weighted by atomic mass is 32.2. The van der Waals surface area contributed by atoms with E-state index in [9.17, 15) is 0 Å². The predicted molar refractivity (Wildman–Crippen MR) is 99.0 cm³/mol. The molecule has 1 N–H and O–H groups in total. The van der Waals surface area contributed by atoms with Crippen molar-refractivity contribution in [1.29, 1.82) is 0 Å². The maximum Gasteiger partial charge on any atom is 0.249 e. The number of hydrogen-bond donors (Lipinski definition) is 1. The Morgan fingerprint density at radius 3 is 1.40 bits per heavy atom. The van der Waals surface area contributed by atoms with Gasteiger partial charge in [0.25, 0.3) is 0 Å². The van der Waals surface area contributed by atoms with Gasteiger partial charge in [-0.2, -0.15) is 0 Å². The molecule has 25 heavy (non-hydrogen) atoms.